The fourth-order valence-corrected chi connectivity index (χ4v) is 3.19. The Hall–Kier alpha value is -2.24. The summed E-state index contributed by atoms with van der Waals surface area (Å²) in [6, 6.07) is 9.01. The number of alkyl halides is 3. The maximum absolute atomic E-state index is 14.7. The SMILES string of the molecule is COc1cc(CC(C)(C)c2ccccc2OC(F)(F)F)c(F)cc1C(C)C. The average molecular weight is 384 g/mol. The molecule has 0 aliphatic heterocycles. The molecular weight excluding hydrogens is 360 g/mol. The summed E-state index contributed by atoms with van der Waals surface area (Å²) in [4.78, 5) is 0. The fraction of sp³-hybridized carbons (Fsp3) is 0.429. The van der Waals surface area contributed by atoms with Crippen molar-refractivity contribution in [1.29, 1.82) is 0 Å². The largest absolute Gasteiger partial charge is 0.573 e. The Morgan fingerprint density at radius 1 is 1.00 bits per heavy atom. The van der Waals surface area contributed by atoms with Crippen LogP contribution in [0.2, 0.25) is 0 Å². The highest BCUT2D eigenvalue weighted by molar-refractivity contribution is 5.44. The zero-order valence-electron chi connectivity index (χ0n) is 16.1. The highest BCUT2D eigenvalue weighted by atomic mass is 19.4. The van der Waals surface area contributed by atoms with E-state index in [9.17, 15) is 17.6 Å². The molecule has 2 rings (SSSR count). The molecule has 2 nitrogen and oxygen atoms in total. The molecule has 6 heteroatoms. The molecule has 0 amide bonds. The molecule has 0 fully saturated rings. The Kier molecular flexibility index (Phi) is 6.07. The van der Waals surface area contributed by atoms with Gasteiger partial charge in [-0.1, -0.05) is 45.9 Å². The predicted molar refractivity (Wildman–Crippen MR) is 96.9 cm³/mol. The van der Waals surface area contributed by atoms with Gasteiger partial charge in [0.15, 0.2) is 0 Å². The summed E-state index contributed by atoms with van der Waals surface area (Å²) in [6.45, 7) is 7.39. The van der Waals surface area contributed by atoms with Crippen LogP contribution in [0.25, 0.3) is 0 Å². The van der Waals surface area contributed by atoms with E-state index in [0.717, 1.165) is 5.56 Å². The minimum absolute atomic E-state index is 0.0809. The van der Waals surface area contributed by atoms with E-state index in [4.69, 9.17) is 4.74 Å². The van der Waals surface area contributed by atoms with Gasteiger partial charge in [0.2, 0.25) is 0 Å². The van der Waals surface area contributed by atoms with Crippen LogP contribution < -0.4 is 9.47 Å². The number of ether oxygens (including phenoxy) is 2. The van der Waals surface area contributed by atoms with Gasteiger partial charge < -0.3 is 9.47 Å². The molecule has 0 radical (unpaired) electrons. The molecule has 0 aliphatic rings. The van der Waals surface area contributed by atoms with Gasteiger partial charge in [-0.2, -0.15) is 0 Å². The third-order valence-corrected chi connectivity index (χ3v) is 4.50. The molecule has 0 heterocycles. The van der Waals surface area contributed by atoms with E-state index >= 15 is 0 Å². The van der Waals surface area contributed by atoms with Crippen LogP contribution in [0, 0.1) is 5.82 Å². The zero-order chi connectivity index (χ0) is 20.4. The summed E-state index contributed by atoms with van der Waals surface area (Å²) in [6.07, 6.45) is -4.61. The number of hydrogen-bond donors (Lipinski definition) is 0. The molecule has 0 spiro atoms. The van der Waals surface area contributed by atoms with Gasteiger partial charge in [0.25, 0.3) is 0 Å². The van der Waals surface area contributed by atoms with E-state index in [0.29, 0.717) is 16.9 Å². The zero-order valence-corrected chi connectivity index (χ0v) is 16.1. The van der Waals surface area contributed by atoms with Gasteiger partial charge in [0.05, 0.1) is 7.11 Å². The number of halogens is 4. The van der Waals surface area contributed by atoms with E-state index in [-0.39, 0.29) is 18.1 Å². The van der Waals surface area contributed by atoms with Crippen LogP contribution in [0.5, 0.6) is 11.5 Å². The Labute approximate surface area is 157 Å². The number of para-hydroxylation sites is 1. The van der Waals surface area contributed by atoms with Crippen LogP contribution in [0.1, 0.15) is 50.3 Å². The predicted octanol–water partition coefficient (Wildman–Crippen LogP) is 6.38. The van der Waals surface area contributed by atoms with E-state index in [1.807, 2.05) is 13.8 Å². The van der Waals surface area contributed by atoms with Crippen molar-refractivity contribution >= 4 is 0 Å². The fourth-order valence-electron chi connectivity index (χ4n) is 3.19. The van der Waals surface area contributed by atoms with Gasteiger partial charge in [0.1, 0.15) is 17.3 Å². The van der Waals surface area contributed by atoms with Crippen molar-refractivity contribution in [2.75, 3.05) is 7.11 Å². The Morgan fingerprint density at radius 2 is 1.63 bits per heavy atom. The first-order valence-electron chi connectivity index (χ1n) is 8.66. The van der Waals surface area contributed by atoms with E-state index in [1.54, 1.807) is 32.0 Å². The van der Waals surface area contributed by atoms with Crippen molar-refractivity contribution in [3.05, 3.63) is 58.9 Å². The van der Waals surface area contributed by atoms with Crippen molar-refractivity contribution < 1.29 is 27.0 Å². The first kappa shape index (κ1) is 21.1. The van der Waals surface area contributed by atoms with Crippen LogP contribution >= 0.6 is 0 Å². The molecule has 0 unspecified atom stereocenters. The van der Waals surface area contributed by atoms with Gasteiger partial charge in [-0.15, -0.1) is 13.2 Å². The van der Waals surface area contributed by atoms with Gasteiger partial charge >= 0.3 is 6.36 Å². The summed E-state index contributed by atoms with van der Waals surface area (Å²) < 4.78 is 62.4. The van der Waals surface area contributed by atoms with Crippen molar-refractivity contribution in [1.82, 2.24) is 0 Å². The molecule has 27 heavy (non-hydrogen) atoms. The lowest BCUT2D eigenvalue weighted by atomic mass is 9.78. The van der Waals surface area contributed by atoms with Gasteiger partial charge in [-0.3, -0.25) is 0 Å². The number of methoxy groups -OCH3 is 1. The standard InChI is InChI=1S/C21H24F4O2/c1-13(2)15-11-17(22)14(10-19(15)26-5)12-20(3,4)16-8-6-7-9-18(16)27-21(23,24)25/h6-11,13H,12H2,1-5H3. The second-order valence-corrected chi connectivity index (χ2v) is 7.44. The average Bonchev–Trinajstić information content (AvgIpc) is 2.54. The van der Waals surface area contributed by atoms with E-state index in [1.165, 1.54) is 25.3 Å². The quantitative estimate of drug-likeness (QED) is 0.538. The molecule has 0 bridgehead atoms. The lowest BCUT2D eigenvalue weighted by Crippen LogP contribution is -2.25. The first-order chi connectivity index (χ1) is 12.4. The highest BCUT2D eigenvalue weighted by Crippen LogP contribution is 2.38. The van der Waals surface area contributed by atoms with Crippen LogP contribution in [-0.4, -0.2) is 13.5 Å². The van der Waals surface area contributed by atoms with Crippen molar-refractivity contribution in [2.24, 2.45) is 0 Å². The summed E-state index contributed by atoms with van der Waals surface area (Å²) in [7, 11) is 1.51. The second-order valence-electron chi connectivity index (χ2n) is 7.44. The Bertz CT molecular complexity index is 795. The van der Waals surface area contributed by atoms with Crippen LogP contribution in [0.15, 0.2) is 36.4 Å². The molecule has 0 saturated carbocycles. The van der Waals surface area contributed by atoms with Crippen molar-refractivity contribution in [2.45, 2.75) is 51.8 Å². The molecule has 0 N–H and O–H groups in total. The number of benzene rings is 2. The van der Waals surface area contributed by atoms with E-state index < -0.39 is 17.6 Å². The highest BCUT2D eigenvalue weighted by Gasteiger charge is 2.35. The molecule has 0 aliphatic carbocycles. The van der Waals surface area contributed by atoms with E-state index in [2.05, 4.69) is 4.74 Å². The Balaban J connectivity index is 2.43. The topological polar surface area (TPSA) is 18.5 Å². The summed E-state index contributed by atoms with van der Waals surface area (Å²) in [5.74, 6) is -0.0302. The van der Waals surface area contributed by atoms with Crippen LogP contribution in [-0.2, 0) is 11.8 Å². The maximum Gasteiger partial charge on any atom is 0.573 e. The monoisotopic (exact) mass is 384 g/mol. The smallest absolute Gasteiger partial charge is 0.496 e. The minimum atomic E-state index is -4.79. The third kappa shape index (κ3) is 5.15. The maximum atomic E-state index is 14.7. The molecule has 2 aromatic rings. The van der Waals surface area contributed by atoms with Crippen molar-refractivity contribution in [3.8, 4) is 11.5 Å². The molecule has 0 saturated heterocycles. The lowest BCUT2D eigenvalue weighted by Gasteiger charge is -2.28. The number of hydrogen-bond acceptors (Lipinski definition) is 2. The summed E-state index contributed by atoms with van der Waals surface area (Å²) >= 11 is 0. The second kappa shape index (κ2) is 7.79. The summed E-state index contributed by atoms with van der Waals surface area (Å²) in [5, 5.41) is 0. The van der Waals surface area contributed by atoms with Gasteiger partial charge in [0, 0.05) is 5.56 Å². The lowest BCUT2D eigenvalue weighted by molar-refractivity contribution is -0.275. The third-order valence-electron chi connectivity index (χ3n) is 4.50. The van der Waals surface area contributed by atoms with Gasteiger partial charge in [-0.05, 0) is 47.1 Å². The molecular formula is C21H24F4O2. The normalized spacial score (nSPS) is 12.4. The van der Waals surface area contributed by atoms with Crippen LogP contribution in [0.3, 0.4) is 0 Å². The Morgan fingerprint density at radius 3 is 2.19 bits per heavy atom. The molecule has 2 aromatic carbocycles. The molecule has 148 valence electrons. The number of rotatable bonds is 6. The van der Waals surface area contributed by atoms with Crippen LogP contribution in [0.4, 0.5) is 17.6 Å². The molecule has 0 aromatic heterocycles. The molecule has 0 atom stereocenters. The summed E-state index contributed by atoms with van der Waals surface area (Å²) in [5.41, 5.74) is 0.682. The first-order valence-corrected chi connectivity index (χ1v) is 8.66. The van der Waals surface area contributed by atoms with Crippen molar-refractivity contribution in [3.63, 3.8) is 0 Å². The van der Waals surface area contributed by atoms with Gasteiger partial charge in [-0.25, -0.2) is 4.39 Å². The minimum Gasteiger partial charge on any atom is -0.496 e.